The summed E-state index contributed by atoms with van der Waals surface area (Å²) >= 11 is 0. The predicted molar refractivity (Wildman–Crippen MR) is 45.4 cm³/mol. The normalized spacial score (nSPS) is 8.69. The second-order valence-electron chi connectivity index (χ2n) is 2.42. The van der Waals surface area contributed by atoms with Gasteiger partial charge in [-0.25, -0.2) is 0 Å². The summed E-state index contributed by atoms with van der Waals surface area (Å²) in [5.74, 6) is -0.142. The molecule has 0 amide bonds. The Kier molecular flexibility index (Phi) is 5.79. The molecule has 13 heavy (non-hydrogen) atoms. The fourth-order valence-corrected chi connectivity index (χ4v) is 0.957. The van der Waals surface area contributed by atoms with Crippen LogP contribution in [0.5, 0.6) is 5.75 Å². The minimum Gasteiger partial charge on any atom is -1.00 e. The Bertz CT molecular complexity index is 291. The minimum atomic E-state index is -0.830. The van der Waals surface area contributed by atoms with Crippen molar-refractivity contribution in [2.75, 3.05) is 7.11 Å². The van der Waals surface area contributed by atoms with Gasteiger partial charge in [-0.15, -0.1) is 0 Å². The molecule has 0 saturated carbocycles. The molecule has 0 heterocycles. The molecule has 0 spiro atoms. The average molecular weight is 190 g/mol. The largest absolute Gasteiger partial charge is 1.00 e. The Labute approximate surface area is 100 Å². The fourth-order valence-electron chi connectivity index (χ4n) is 0.957. The van der Waals surface area contributed by atoms with E-state index >= 15 is 0 Å². The van der Waals surface area contributed by atoms with Gasteiger partial charge in [-0.1, -0.05) is 12.1 Å². The summed E-state index contributed by atoms with van der Waals surface area (Å²) < 4.78 is 4.94. The number of hydrogen-bond acceptors (Lipinski definition) is 2. The van der Waals surface area contributed by atoms with Gasteiger partial charge in [0.15, 0.2) is 0 Å². The number of carbonyl (C=O) groups is 1. The van der Waals surface area contributed by atoms with Crippen LogP contribution in [0.1, 0.15) is 6.99 Å². The molecule has 0 aliphatic rings. The van der Waals surface area contributed by atoms with Gasteiger partial charge >= 0.3 is 35.5 Å². The molecule has 0 bridgehead atoms. The van der Waals surface area contributed by atoms with Crippen LogP contribution in [0.3, 0.4) is 0 Å². The van der Waals surface area contributed by atoms with Gasteiger partial charge in [0.05, 0.1) is 13.5 Å². The first-order chi connectivity index (χ1) is 5.72. The van der Waals surface area contributed by atoms with Crippen molar-refractivity contribution in [3.05, 3.63) is 29.8 Å². The summed E-state index contributed by atoms with van der Waals surface area (Å²) in [4.78, 5) is 10.3. The summed E-state index contributed by atoms with van der Waals surface area (Å²) in [5.41, 5.74) is 0.752. The van der Waals surface area contributed by atoms with Gasteiger partial charge in [0.2, 0.25) is 0 Å². The third-order valence-corrected chi connectivity index (χ3v) is 1.49. The SMILES string of the molecule is COc1cccc(CC(=O)O)c1.[H-].[Na+]. The minimum absolute atomic E-state index is 0. The molecule has 0 saturated heterocycles. The van der Waals surface area contributed by atoms with Crippen molar-refractivity contribution in [1.82, 2.24) is 0 Å². The topological polar surface area (TPSA) is 46.5 Å². The van der Waals surface area contributed by atoms with Crippen LogP contribution in [-0.4, -0.2) is 18.2 Å². The molecule has 3 nitrogen and oxygen atoms in total. The molecule has 0 fully saturated rings. The van der Waals surface area contributed by atoms with Gasteiger partial charge in [-0.2, -0.15) is 0 Å². The Morgan fingerprint density at radius 3 is 2.85 bits per heavy atom. The van der Waals surface area contributed by atoms with Crippen molar-refractivity contribution in [1.29, 1.82) is 0 Å². The number of rotatable bonds is 3. The van der Waals surface area contributed by atoms with Gasteiger partial charge in [0, 0.05) is 0 Å². The van der Waals surface area contributed by atoms with Crippen LogP contribution in [0.15, 0.2) is 24.3 Å². The Hall–Kier alpha value is -0.510. The smallest absolute Gasteiger partial charge is 1.00 e. The van der Waals surface area contributed by atoms with Gasteiger partial charge in [0.25, 0.3) is 0 Å². The Morgan fingerprint density at radius 1 is 1.62 bits per heavy atom. The third kappa shape index (κ3) is 4.31. The van der Waals surface area contributed by atoms with Gasteiger partial charge in [-0.3, -0.25) is 4.79 Å². The van der Waals surface area contributed by atoms with Crippen LogP contribution in [-0.2, 0) is 11.2 Å². The second-order valence-corrected chi connectivity index (χ2v) is 2.42. The van der Waals surface area contributed by atoms with Crippen LogP contribution < -0.4 is 34.3 Å². The maximum atomic E-state index is 10.3. The summed E-state index contributed by atoms with van der Waals surface area (Å²) in [6, 6.07) is 7.03. The number of aliphatic carboxylic acids is 1. The van der Waals surface area contributed by atoms with E-state index in [4.69, 9.17) is 9.84 Å². The third-order valence-electron chi connectivity index (χ3n) is 1.49. The first kappa shape index (κ1) is 12.5. The maximum Gasteiger partial charge on any atom is 1.00 e. The maximum absolute atomic E-state index is 10.3. The van der Waals surface area contributed by atoms with E-state index in [1.807, 2.05) is 0 Å². The van der Waals surface area contributed by atoms with Crippen molar-refractivity contribution in [3.63, 3.8) is 0 Å². The number of carboxylic acids is 1. The van der Waals surface area contributed by atoms with E-state index in [1.165, 1.54) is 0 Å². The predicted octanol–water partition coefficient (Wildman–Crippen LogP) is -1.56. The van der Waals surface area contributed by atoms with Gasteiger partial charge in [0.1, 0.15) is 5.75 Å². The first-order valence-corrected chi connectivity index (χ1v) is 3.57. The van der Waals surface area contributed by atoms with E-state index in [1.54, 1.807) is 31.4 Å². The number of benzene rings is 1. The number of carboxylic acid groups (broad SMARTS) is 1. The number of ether oxygens (including phenoxy) is 1. The number of hydrogen-bond donors (Lipinski definition) is 1. The summed E-state index contributed by atoms with van der Waals surface area (Å²) in [6.07, 6.45) is 0.0389. The Morgan fingerprint density at radius 2 is 2.31 bits per heavy atom. The van der Waals surface area contributed by atoms with E-state index in [-0.39, 0.29) is 37.4 Å². The molecule has 66 valence electrons. The molecular formula is C9H11NaO3. The van der Waals surface area contributed by atoms with Gasteiger partial charge < -0.3 is 11.3 Å². The molecular weight excluding hydrogens is 179 g/mol. The summed E-state index contributed by atoms with van der Waals surface area (Å²) in [5, 5.41) is 8.49. The quantitative estimate of drug-likeness (QED) is 0.586. The molecule has 0 aromatic heterocycles. The summed E-state index contributed by atoms with van der Waals surface area (Å²) in [6.45, 7) is 0. The van der Waals surface area contributed by atoms with E-state index in [9.17, 15) is 4.79 Å². The molecule has 1 aromatic carbocycles. The average Bonchev–Trinajstić information content (AvgIpc) is 2.03. The van der Waals surface area contributed by atoms with Crippen molar-refractivity contribution in [2.24, 2.45) is 0 Å². The van der Waals surface area contributed by atoms with Crippen LogP contribution in [0.2, 0.25) is 0 Å². The second kappa shape index (κ2) is 6.02. The number of methoxy groups -OCH3 is 1. The molecule has 1 aromatic rings. The standard InChI is InChI=1S/C9H10O3.Na.H/c1-12-8-4-2-3-7(5-8)6-9(10)11;;/h2-5H,6H2,1H3,(H,10,11);;/q;+1;-1. The molecule has 1 rings (SSSR count). The monoisotopic (exact) mass is 190 g/mol. The molecule has 0 atom stereocenters. The van der Waals surface area contributed by atoms with Crippen LogP contribution >= 0.6 is 0 Å². The van der Waals surface area contributed by atoms with Crippen LogP contribution in [0.4, 0.5) is 0 Å². The van der Waals surface area contributed by atoms with Crippen LogP contribution in [0.25, 0.3) is 0 Å². The van der Waals surface area contributed by atoms with Crippen molar-refractivity contribution >= 4 is 5.97 Å². The van der Waals surface area contributed by atoms with Crippen molar-refractivity contribution in [3.8, 4) is 5.75 Å². The molecule has 0 unspecified atom stereocenters. The Balaban J connectivity index is 0. The van der Waals surface area contributed by atoms with E-state index < -0.39 is 5.97 Å². The fraction of sp³-hybridized carbons (Fsp3) is 0.222. The molecule has 0 aliphatic heterocycles. The van der Waals surface area contributed by atoms with E-state index in [0.29, 0.717) is 5.75 Å². The molecule has 0 aliphatic carbocycles. The molecule has 4 heteroatoms. The molecule has 1 N–H and O–H groups in total. The zero-order chi connectivity index (χ0) is 8.97. The summed E-state index contributed by atoms with van der Waals surface area (Å²) in [7, 11) is 1.56. The van der Waals surface area contributed by atoms with Crippen molar-refractivity contribution in [2.45, 2.75) is 6.42 Å². The van der Waals surface area contributed by atoms with Crippen LogP contribution in [0, 0.1) is 0 Å². The first-order valence-electron chi connectivity index (χ1n) is 3.57. The van der Waals surface area contributed by atoms with E-state index in [0.717, 1.165) is 5.56 Å². The zero-order valence-electron chi connectivity index (χ0n) is 8.78. The van der Waals surface area contributed by atoms with Crippen molar-refractivity contribution < 1.29 is 45.6 Å². The zero-order valence-corrected chi connectivity index (χ0v) is 9.78. The molecule has 0 radical (unpaired) electrons. The van der Waals surface area contributed by atoms with Gasteiger partial charge in [-0.05, 0) is 17.7 Å². The van der Waals surface area contributed by atoms with E-state index in [2.05, 4.69) is 0 Å².